The number of hydrogen-bond donors (Lipinski definition) is 2. The van der Waals surface area contributed by atoms with Crippen molar-refractivity contribution < 1.29 is 28.7 Å². The number of amides is 5. The highest BCUT2D eigenvalue weighted by Gasteiger charge is 2.36. The van der Waals surface area contributed by atoms with Crippen molar-refractivity contribution >= 4 is 29.4 Å². The first-order valence-electron chi connectivity index (χ1n) is 17.1. The van der Waals surface area contributed by atoms with E-state index in [2.05, 4.69) is 15.5 Å². The van der Waals surface area contributed by atoms with E-state index < -0.39 is 11.9 Å². The first-order valence-corrected chi connectivity index (χ1v) is 17.1. The van der Waals surface area contributed by atoms with Gasteiger partial charge in [0.25, 0.3) is 5.91 Å². The number of rotatable bonds is 7. The van der Waals surface area contributed by atoms with E-state index in [1.165, 1.54) is 19.3 Å². The Hall–Kier alpha value is -4.32. The highest BCUT2D eigenvalue weighted by Crippen LogP contribution is 2.33. The molecule has 5 amide bonds. The molecule has 0 saturated carbocycles. The van der Waals surface area contributed by atoms with Gasteiger partial charge in [-0.15, -0.1) is 0 Å². The van der Waals surface area contributed by atoms with Gasteiger partial charge in [-0.2, -0.15) is 0 Å². The quantitative estimate of drug-likeness (QED) is 0.474. The Labute approximate surface area is 275 Å². The molecular formula is C35H44N6O6. The fourth-order valence-electron chi connectivity index (χ4n) is 7.68. The summed E-state index contributed by atoms with van der Waals surface area (Å²) < 4.78 is 10.8. The smallest absolute Gasteiger partial charge is 0.322 e. The van der Waals surface area contributed by atoms with Crippen LogP contribution in [0.4, 0.5) is 10.5 Å². The Kier molecular flexibility index (Phi) is 9.19. The average Bonchev–Trinajstić information content (AvgIpc) is 3.59. The molecule has 5 aliphatic rings. The lowest BCUT2D eigenvalue weighted by atomic mass is 9.98. The van der Waals surface area contributed by atoms with Crippen molar-refractivity contribution in [1.82, 2.24) is 24.9 Å². The minimum atomic E-state index is -0.992. The number of nitrogens with zero attached hydrogens (tertiary/aromatic N) is 4. The van der Waals surface area contributed by atoms with Crippen LogP contribution in [0.3, 0.4) is 0 Å². The second-order valence-electron chi connectivity index (χ2n) is 13.3. The van der Waals surface area contributed by atoms with E-state index in [0.717, 1.165) is 37.2 Å². The van der Waals surface area contributed by atoms with Crippen LogP contribution in [0, 0.1) is 0 Å². The number of hydrogen-bond acceptors (Lipinski definition) is 7. The number of anilines is 1. The van der Waals surface area contributed by atoms with Crippen LogP contribution in [0.15, 0.2) is 42.5 Å². The average molecular weight is 645 g/mol. The van der Waals surface area contributed by atoms with Crippen molar-refractivity contribution in [2.45, 2.75) is 76.0 Å². The van der Waals surface area contributed by atoms with Crippen molar-refractivity contribution in [3.63, 3.8) is 0 Å². The molecule has 0 unspecified atom stereocenters. The standard InChI is InChI=1S/C35H44N6O6/c42-32(39-16-12-27(13-17-39)41-22-25-6-2-3-7-28(25)37-35(41)45)21-29(36-33(43)24-8-9-30-31(20-24)47-23-46-30)34(44)40-18-10-26(11-19-40)38-14-4-1-5-15-38/h2-3,6-9,20,26-27,29H,1,4-5,10-19,21-23H2,(H,36,43)(H,37,45)/t29-/m0/s1. The van der Waals surface area contributed by atoms with Gasteiger partial charge < -0.3 is 39.7 Å². The van der Waals surface area contributed by atoms with Gasteiger partial charge in [0.1, 0.15) is 6.04 Å². The summed E-state index contributed by atoms with van der Waals surface area (Å²) in [6, 6.07) is 12.1. The Balaban J connectivity index is 0.993. The van der Waals surface area contributed by atoms with Gasteiger partial charge in [-0.1, -0.05) is 24.6 Å². The number of carbonyl (C=O) groups excluding carboxylic acids is 4. The number of para-hydroxylation sites is 1. The highest BCUT2D eigenvalue weighted by molar-refractivity contribution is 5.99. The van der Waals surface area contributed by atoms with Crippen LogP contribution in [0.2, 0.25) is 0 Å². The SMILES string of the molecule is O=C(N[C@@H](CC(=O)N1CCC(N2Cc3ccccc3NC2=O)CC1)C(=O)N1CCC(N2CCCCC2)CC1)c1ccc2c(c1)OCO2. The minimum absolute atomic E-state index is 0.0109. The van der Waals surface area contributed by atoms with Crippen molar-refractivity contribution in [3.05, 3.63) is 53.6 Å². The molecule has 12 nitrogen and oxygen atoms in total. The molecule has 0 aromatic heterocycles. The molecule has 5 aliphatic heterocycles. The number of ether oxygens (including phenoxy) is 2. The minimum Gasteiger partial charge on any atom is -0.454 e. The molecular weight excluding hydrogens is 600 g/mol. The first-order chi connectivity index (χ1) is 22.9. The van der Waals surface area contributed by atoms with Crippen LogP contribution >= 0.6 is 0 Å². The zero-order chi connectivity index (χ0) is 32.3. The molecule has 0 aliphatic carbocycles. The Morgan fingerprint density at radius 3 is 2.32 bits per heavy atom. The molecule has 0 radical (unpaired) electrons. The van der Waals surface area contributed by atoms with Gasteiger partial charge in [-0.3, -0.25) is 14.4 Å². The predicted molar refractivity (Wildman–Crippen MR) is 174 cm³/mol. The number of likely N-dealkylation sites (tertiary alicyclic amines) is 3. The summed E-state index contributed by atoms with van der Waals surface area (Å²) in [6.45, 7) is 5.04. The van der Waals surface area contributed by atoms with Crippen molar-refractivity contribution in [1.29, 1.82) is 0 Å². The maximum absolute atomic E-state index is 14.0. The first kappa shape index (κ1) is 31.3. The van der Waals surface area contributed by atoms with E-state index in [0.29, 0.717) is 68.7 Å². The summed E-state index contributed by atoms with van der Waals surface area (Å²) in [7, 11) is 0. The third kappa shape index (κ3) is 6.88. The zero-order valence-corrected chi connectivity index (χ0v) is 26.8. The summed E-state index contributed by atoms with van der Waals surface area (Å²) in [5, 5.41) is 5.88. The topological polar surface area (TPSA) is 124 Å². The summed E-state index contributed by atoms with van der Waals surface area (Å²) in [5.74, 6) is 0.209. The van der Waals surface area contributed by atoms with Gasteiger partial charge in [0, 0.05) is 56.1 Å². The fraction of sp³-hybridized carbons (Fsp3) is 0.543. The van der Waals surface area contributed by atoms with E-state index in [4.69, 9.17) is 9.47 Å². The number of nitrogens with one attached hydrogen (secondary N) is 2. The summed E-state index contributed by atoms with van der Waals surface area (Å²) in [5.41, 5.74) is 2.26. The third-order valence-corrected chi connectivity index (χ3v) is 10.4. The number of piperidine rings is 3. The fourth-order valence-corrected chi connectivity index (χ4v) is 7.68. The molecule has 0 bridgehead atoms. The van der Waals surface area contributed by atoms with E-state index in [1.54, 1.807) is 23.1 Å². The van der Waals surface area contributed by atoms with Crippen molar-refractivity contribution in [3.8, 4) is 11.5 Å². The van der Waals surface area contributed by atoms with Gasteiger partial charge in [0.2, 0.25) is 18.6 Å². The molecule has 3 saturated heterocycles. The van der Waals surface area contributed by atoms with Crippen LogP contribution < -0.4 is 20.1 Å². The predicted octanol–water partition coefficient (Wildman–Crippen LogP) is 3.42. The molecule has 3 fully saturated rings. The lowest BCUT2D eigenvalue weighted by Gasteiger charge is -2.41. The maximum Gasteiger partial charge on any atom is 0.322 e. The number of fused-ring (bicyclic) bond motifs is 2. The Morgan fingerprint density at radius 1 is 0.830 bits per heavy atom. The van der Waals surface area contributed by atoms with E-state index >= 15 is 0 Å². The molecule has 250 valence electrons. The zero-order valence-electron chi connectivity index (χ0n) is 26.8. The van der Waals surface area contributed by atoms with Crippen molar-refractivity contribution in [2.75, 3.05) is 51.4 Å². The maximum atomic E-state index is 14.0. The monoisotopic (exact) mass is 644 g/mol. The summed E-state index contributed by atoms with van der Waals surface area (Å²) in [6.07, 6.45) is 6.70. The lowest BCUT2D eigenvalue weighted by Crippen LogP contribution is -2.55. The largest absolute Gasteiger partial charge is 0.454 e. The van der Waals surface area contributed by atoms with Crippen LogP contribution in [-0.2, 0) is 16.1 Å². The molecule has 2 aromatic rings. The van der Waals surface area contributed by atoms with Gasteiger partial charge in [-0.25, -0.2) is 4.79 Å². The normalized spacial score (nSPS) is 21.2. The Morgan fingerprint density at radius 2 is 1.53 bits per heavy atom. The third-order valence-electron chi connectivity index (χ3n) is 10.4. The summed E-state index contributed by atoms with van der Waals surface area (Å²) >= 11 is 0. The van der Waals surface area contributed by atoms with Crippen LogP contribution in [-0.4, -0.2) is 108 Å². The van der Waals surface area contributed by atoms with Crippen molar-refractivity contribution in [2.24, 2.45) is 0 Å². The van der Waals surface area contributed by atoms with E-state index in [9.17, 15) is 19.2 Å². The van der Waals surface area contributed by atoms with Crippen LogP contribution in [0.1, 0.15) is 67.3 Å². The lowest BCUT2D eigenvalue weighted by molar-refractivity contribution is -0.140. The number of urea groups is 1. The molecule has 0 spiro atoms. The van der Waals surface area contributed by atoms with Gasteiger partial charge in [-0.05, 0) is 81.4 Å². The molecule has 12 heteroatoms. The van der Waals surface area contributed by atoms with Gasteiger partial charge >= 0.3 is 6.03 Å². The van der Waals surface area contributed by atoms with Crippen LogP contribution in [0.25, 0.3) is 0 Å². The second kappa shape index (κ2) is 13.8. The summed E-state index contributed by atoms with van der Waals surface area (Å²) in [4.78, 5) is 62.0. The van der Waals surface area contributed by atoms with E-state index in [-0.39, 0.29) is 37.1 Å². The highest BCUT2D eigenvalue weighted by atomic mass is 16.7. The molecule has 5 heterocycles. The Bertz CT molecular complexity index is 1500. The molecule has 1 atom stereocenters. The van der Waals surface area contributed by atoms with Crippen LogP contribution in [0.5, 0.6) is 11.5 Å². The molecule has 47 heavy (non-hydrogen) atoms. The van der Waals surface area contributed by atoms with Gasteiger partial charge in [0.15, 0.2) is 11.5 Å². The molecule has 7 rings (SSSR count). The molecule has 2 aromatic carbocycles. The second-order valence-corrected chi connectivity index (χ2v) is 13.3. The van der Waals surface area contributed by atoms with Gasteiger partial charge in [0.05, 0.1) is 6.42 Å². The molecule has 2 N–H and O–H groups in total. The number of carbonyl (C=O) groups is 4. The van der Waals surface area contributed by atoms with E-state index in [1.807, 2.05) is 34.1 Å². The number of benzene rings is 2.